The molecule has 0 radical (unpaired) electrons. The van der Waals surface area contributed by atoms with Gasteiger partial charge in [-0.25, -0.2) is 0 Å². The van der Waals surface area contributed by atoms with Gasteiger partial charge >= 0.3 is 0 Å². The fourth-order valence-corrected chi connectivity index (χ4v) is 3.89. The highest BCUT2D eigenvalue weighted by atomic mass is 16.5. The zero-order valence-electron chi connectivity index (χ0n) is 13.5. The predicted octanol–water partition coefficient (Wildman–Crippen LogP) is 3.05. The Balaban J connectivity index is 1.76. The fourth-order valence-electron chi connectivity index (χ4n) is 3.89. The third kappa shape index (κ3) is 2.69. The van der Waals surface area contributed by atoms with Gasteiger partial charge in [0.15, 0.2) is 11.5 Å². The molecule has 2 heterocycles. The highest BCUT2D eigenvalue weighted by molar-refractivity contribution is 5.60. The normalized spacial score (nSPS) is 28.5. The summed E-state index contributed by atoms with van der Waals surface area (Å²) in [6.07, 6.45) is 5.18. The van der Waals surface area contributed by atoms with Crippen molar-refractivity contribution in [2.45, 2.75) is 50.7 Å². The van der Waals surface area contributed by atoms with Crippen LogP contribution in [0.4, 0.5) is 5.69 Å². The van der Waals surface area contributed by atoms with Crippen LogP contribution in [0.5, 0.6) is 11.5 Å². The number of ether oxygens (including phenoxy) is 2. The summed E-state index contributed by atoms with van der Waals surface area (Å²) in [7, 11) is 5.64. The number of anilines is 1. The van der Waals surface area contributed by atoms with Gasteiger partial charge in [-0.15, -0.1) is 0 Å². The molecule has 0 amide bonds. The molecule has 2 aliphatic rings. The maximum atomic E-state index is 5.42. The van der Waals surface area contributed by atoms with Gasteiger partial charge in [0, 0.05) is 29.9 Å². The highest BCUT2D eigenvalue weighted by Gasteiger charge is 2.38. The van der Waals surface area contributed by atoms with Crippen molar-refractivity contribution < 1.29 is 9.47 Å². The Kier molecular flexibility index (Phi) is 3.98. The zero-order valence-corrected chi connectivity index (χ0v) is 13.5. The van der Waals surface area contributed by atoms with Crippen LogP contribution in [0.2, 0.25) is 0 Å². The van der Waals surface area contributed by atoms with E-state index in [2.05, 4.69) is 30.3 Å². The second-order valence-electron chi connectivity index (χ2n) is 6.39. The van der Waals surface area contributed by atoms with Crippen LogP contribution in [0.25, 0.3) is 0 Å². The lowest BCUT2D eigenvalue weighted by Crippen LogP contribution is -2.44. The third-order valence-corrected chi connectivity index (χ3v) is 5.19. The Labute approximate surface area is 127 Å². The largest absolute Gasteiger partial charge is 0.493 e. The van der Waals surface area contributed by atoms with Gasteiger partial charge in [-0.2, -0.15) is 0 Å². The second kappa shape index (κ2) is 5.76. The molecule has 4 heteroatoms. The summed E-state index contributed by atoms with van der Waals surface area (Å²) in [5.41, 5.74) is 2.38. The summed E-state index contributed by atoms with van der Waals surface area (Å²) < 4.78 is 10.8. The molecular formula is C17H26N2O2. The minimum atomic E-state index is 0.565. The van der Waals surface area contributed by atoms with Crippen molar-refractivity contribution in [3.8, 4) is 11.5 Å². The van der Waals surface area contributed by atoms with Crippen molar-refractivity contribution >= 4 is 5.69 Å². The van der Waals surface area contributed by atoms with E-state index < -0.39 is 0 Å². The first-order valence-corrected chi connectivity index (χ1v) is 7.83. The fraction of sp³-hybridized carbons (Fsp3) is 0.647. The number of hydrogen-bond donors (Lipinski definition) is 1. The second-order valence-corrected chi connectivity index (χ2v) is 6.39. The van der Waals surface area contributed by atoms with Gasteiger partial charge in [0.25, 0.3) is 0 Å². The molecule has 2 unspecified atom stereocenters. The molecule has 116 valence electrons. The molecule has 2 atom stereocenters. The Hall–Kier alpha value is -1.42. The standard InChI is InChI=1S/C17H26N2O2/c1-11-7-16(20-3)17(21-4)10-15(11)18-12-8-13-5-6-14(9-12)19(13)2/h7,10,12-14,18H,5-6,8-9H2,1-4H3. The van der Waals surface area contributed by atoms with Crippen LogP contribution >= 0.6 is 0 Å². The van der Waals surface area contributed by atoms with Gasteiger partial charge in [-0.1, -0.05) is 0 Å². The van der Waals surface area contributed by atoms with E-state index in [0.29, 0.717) is 6.04 Å². The molecule has 2 bridgehead atoms. The Morgan fingerprint density at radius 1 is 1.05 bits per heavy atom. The van der Waals surface area contributed by atoms with Crippen LogP contribution in [0.3, 0.4) is 0 Å². The maximum absolute atomic E-state index is 5.42. The number of nitrogens with one attached hydrogen (secondary N) is 1. The van der Waals surface area contributed by atoms with E-state index in [1.807, 2.05) is 6.07 Å². The smallest absolute Gasteiger partial charge is 0.162 e. The summed E-state index contributed by atoms with van der Waals surface area (Å²) in [6.45, 7) is 2.12. The molecule has 2 saturated heterocycles. The number of hydrogen-bond acceptors (Lipinski definition) is 4. The molecule has 21 heavy (non-hydrogen) atoms. The van der Waals surface area contributed by atoms with Crippen molar-refractivity contribution in [2.75, 3.05) is 26.6 Å². The number of aryl methyl sites for hydroxylation is 1. The predicted molar refractivity (Wildman–Crippen MR) is 85.5 cm³/mol. The number of piperidine rings is 1. The van der Waals surface area contributed by atoms with E-state index in [9.17, 15) is 0 Å². The van der Waals surface area contributed by atoms with Crippen LogP contribution in [-0.2, 0) is 0 Å². The quantitative estimate of drug-likeness (QED) is 0.924. The minimum absolute atomic E-state index is 0.565. The monoisotopic (exact) mass is 290 g/mol. The first-order valence-electron chi connectivity index (χ1n) is 7.83. The highest BCUT2D eigenvalue weighted by Crippen LogP contribution is 2.37. The Bertz CT molecular complexity index is 504. The maximum Gasteiger partial charge on any atom is 0.162 e. The lowest BCUT2D eigenvalue weighted by molar-refractivity contribution is 0.169. The third-order valence-electron chi connectivity index (χ3n) is 5.19. The molecule has 1 aromatic carbocycles. The number of methoxy groups -OCH3 is 2. The molecule has 1 N–H and O–H groups in total. The van der Waals surface area contributed by atoms with E-state index in [1.54, 1.807) is 14.2 Å². The van der Waals surface area contributed by atoms with E-state index >= 15 is 0 Å². The van der Waals surface area contributed by atoms with E-state index in [1.165, 1.54) is 36.9 Å². The van der Waals surface area contributed by atoms with Crippen molar-refractivity contribution in [3.63, 3.8) is 0 Å². The van der Waals surface area contributed by atoms with E-state index in [0.717, 1.165) is 23.6 Å². The lowest BCUT2D eigenvalue weighted by Gasteiger charge is -2.37. The number of rotatable bonds is 4. The first-order chi connectivity index (χ1) is 10.1. The molecule has 2 aliphatic heterocycles. The van der Waals surface area contributed by atoms with Gasteiger partial charge < -0.3 is 19.7 Å². The van der Waals surface area contributed by atoms with Crippen molar-refractivity contribution in [2.24, 2.45) is 0 Å². The molecule has 2 fully saturated rings. The molecule has 0 spiro atoms. The van der Waals surface area contributed by atoms with Crippen LogP contribution < -0.4 is 14.8 Å². The molecule has 0 aliphatic carbocycles. The van der Waals surface area contributed by atoms with Crippen molar-refractivity contribution in [1.82, 2.24) is 4.90 Å². The van der Waals surface area contributed by atoms with Crippen molar-refractivity contribution in [3.05, 3.63) is 17.7 Å². The summed E-state index contributed by atoms with van der Waals surface area (Å²) in [5, 5.41) is 3.73. The molecule has 1 aromatic rings. The Morgan fingerprint density at radius 2 is 1.62 bits per heavy atom. The topological polar surface area (TPSA) is 33.7 Å². The molecule has 3 rings (SSSR count). The van der Waals surface area contributed by atoms with Crippen LogP contribution in [0.1, 0.15) is 31.2 Å². The molecular weight excluding hydrogens is 264 g/mol. The van der Waals surface area contributed by atoms with Gasteiger partial charge in [0.05, 0.1) is 14.2 Å². The zero-order chi connectivity index (χ0) is 15.0. The number of benzene rings is 1. The van der Waals surface area contributed by atoms with E-state index in [-0.39, 0.29) is 0 Å². The molecule has 0 saturated carbocycles. The van der Waals surface area contributed by atoms with Gasteiger partial charge in [-0.3, -0.25) is 0 Å². The lowest BCUT2D eigenvalue weighted by atomic mass is 9.97. The first kappa shape index (κ1) is 14.5. The average Bonchev–Trinajstić information content (AvgIpc) is 2.71. The summed E-state index contributed by atoms with van der Waals surface area (Å²) in [6, 6.07) is 6.18. The number of fused-ring (bicyclic) bond motifs is 2. The summed E-state index contributed by atoms with van der Waals surface area (Å²) in [5.74, 6) is 1.59. The van der Waals surface area contributed by atoms with Crippen LogP contribution in [0, 0.1) is 6.92 Å². The molecule has 4 nitrogen and oxygen atoms in total. The van der Waals surface area contributed by atoms with E-state index in [4.69, 9.17) is 9.47 Å². The number of nitrogens with zero attached hydrogens (tertiary/aromatic N) is 1. The van der Waals surface area contributed by atoms with Crippen molar-refractivity contribution in [1.29, 1.82) is 0 Å². The summed E-state index contributed by atoms with van der Waals surface area (Å²) in [4.78, 5) is 2.57. The van der Waals surface area contributed by atoms with Gasteiger partial charge in [-0.05, 0) is 51.3 Å². The SMILES string of the molecule is COc1cc(C)c(NC2CC3CCC(C2)N3C)cc1OC. The van der Waals surface area contributed by atoms with Gasteiger partial charge in [0.1, 0.15) is 0 Å². The Morgan fingerprint density at radius 3 is 2.19 bits per heavy atom. The average molecular weight is 290 g/mol. The minimum Gasteiger partial charge on any atom is -0.493 e. The van der Waals surface area contributed by atoms with Crippen LogP contribution in [0.15, 0.2) is 12.1 Å². The van der Waals surface area contributed by atoms with Gasteiger partial charge in [0.2, 0.25) is 0 Å². The molecule has 0 aromatic heterocycles. The summed E-state index contributed by atoms with van der Waals surface area (Å²) >= 11 is 0. The van der Waals surface area contributed by atoms with Crippen LogP contribution in [-0.4, -0.2) is 44.3 Å².